The van der Waals surface area contributed by atoms with E-state index in [1.54, 1.807) is 41.2 Å². The number of nitrogens with one attached hydrogen (secondary N) is 1. The van der Waals surface area contributed by atoms with Gasteiger partial charge in [0.2, 0.25) is 0 Å². The fraction of sp³-hybridized carbons (Fsp3) is 0.0526. The van der Waals surface area contributed by atoms with Gasteiger partial charge in [0.1, 0.15) is 6.54 Å². The third kappa shape index (κ3) is 2.73. The van der Waals surface area contributed by atoms with Crippen molar-refractivity contribution < 1.29 is 14.7 Å². The van der Waals surface area contributed by atoms with E-state index in [0.717, 1.165) is 21.9 Å². The number of carbonyl (C=O) groups excluding carboxylic acids is 1. The molecule has 2 heterocycles. The maximum atomic E-state index is 12.3. The van der Waals surface area contributed by atoms with Crippen molar-refractivity contribution in [3.63, 3.8) is 0 Å². The maximum Gasteiger partial charge on any atom is 0.323 e. The third-order valence-corrected chi connectivity index (χ3v) is 4.38. The normalized spacial score (nSPS) is 11.1. The summed E-state index contributed by atoms with van der Waals surface area (Å²) >= 11 is 0. The number of nitrogens with zero attached hydrogens (tertiary/aromatic N) is 2. The van der Waals surface area contributed by atoms with Gasteiger partial charge in [-0.3, -0.25) is 23.7 Å². The molecule has 4 rings (SSSR count). The number of hydrogen-bond donors (Lipinski definition) is 2. The van der Waals surface area contributed by atoms with Crippen LogP contribution >= 0.6 is 0 Å². The first-order valence-corrected chi connectivity index (χ1v) is 8.03. The Morgan fingerprint density at radius 3 is 2.63 bits per heavy atom. The fourth-order valence-corrected chi connectivity index (χ4v) is 3.17. The van der Waals surface area contributed by atoms with Crippen LogP contribution in [0.3, 0.4) is 0 Å². The molecule has 0 fully saturated rings. The van der Waals surface area contributed by atoms with E-state index in [-0.39, 0.29) is 0 Å². The molecule has 0 atom stereocenters. The highest BCUT2D eigenvalue weighted by atomic mass is 16.4. The van der Waals surface area contributed by atoms with E-state index >= 15 is 0 Å². The van der Waals surface area contributed by atoms with Crippen LogP contribution in [-0.2, 0) is 11.3 Å². The molecule has 0 aliphatic rings. The van der Waals surface area contributed by atoms with Crippen LogP contribution in [0.4, 0.5) is 0 Å². The Kier molecular flexibility index (Phi) is 3.73. The highest BCUT2D eigenvalue weighted by Gasteiger charge is 2.14. The molecule has 0 spiro atoms. The number of aromatic nitrogens is 3. The third-order valence-electron chi connectivity index (χ3n) is 4.38. The Morgan fingerprint density at radius 1 is 1.15 bits per heavy atom. The minimum atomic E-state index is -1.22. The van der Waals surface area contributed by atoms with Crippen LogP contribution in [0.5, 0.6) is 0 Å². The van der Waals surface area contributed by atoms with Gasteiger partial charge in [-0.1, -0.05) is 12.1 Å². The minimum absolute atomic E-state index is 0.337. The predicted molar refractivity (Wildman–Crippen MR) is 98.7 cm³/mol. The van der Waals surface area contributed by atoms with Gasteiger partial charge in [0.25, 0.3) is 0 Å². The SMILES string of the molecule is O=Cc1ccn(-c2ccc3ccc4[nH]c(=O)c(=O)n(CC(=O)O)c4c3c2)c1. The highest BCUT2D eigenvalue weighted by Crippen LogP contribution is 2.26. The van der Waals surface area contributed by atoms with E-state index in [4.69, 9.17) is 5.11 Å². The van der Waals surface area contributed by atoms with Gasteiger partial charge in [-0.2, -0.15) is 0 Å². The number of fused-ring (bicyclic) bond motifs is 3. The molecule has 0 aliphatic heterocycles. The van der Waals surface area contributed by atoms with Crippen LogP contribution in [0.15, 0.2) is 58.4 Å². The number of aromatic amines is 1. The van der Waals surface area contributed by atoms with Gasteiger partial charge in [-0.25, -0.2) is 0 Å². The molecule has 134 valence electrons. The summed E-state index contributed by atoms with van der Waals surface area (Å²) in [5, 5.41) is 10.6. The number of benzene rings is 2. The Labute approximate surface area is 150 Å². The molecule has 2 aromatic carbocycles. The number of carbonyl (C=O) groups is 2. The smallest absolute Gasteiger partial charge is 0.323 e. The van der Waals surface area contributed by atoms with Crippen molar-refractivity contribution in [2.45, 2.75) is 6.54 Å². The summed E-state index contributed by atoms with van der Waals surface area (Å²) < 4.78 is 2.71. The minimum Gasteiger partial charge on any atom is -0.480 e. The summed E-state index contributed by atoms with van der Waals surface area (Å²) in [5.74, 6) is -1.22. The number of carboxylic acid groups (broad SMARTS) is 1. The zero-order valence-electron chi connectivity index (χ0n) is 13.9. The van der Waals surface area contributed by atoms with E-state index < -0.39 is 23.6 Å². The van der Waals surface area contributed by atoms with Gasteiger partial charge in [-0.05, 0) is 29.7 Å². The Bertz CT molecular complexity index is 1340. The molecule has 2 N–H and O–H groups in total. The Balaban J connectivity index is 2.09. The monoisotopic (exact) mass is 363 g/mol. The van der Waals surface area contributed by atoms with Crippen molar-refractivity contribution in [3.8, 4) is 5.69 Å². The molecule has 8 nitrogen and oxygen atoms in total. The lowest BCUT2D eigenvalue weighted by Gasteiger charge is -2.12. The first-order valence-electron chi connectivity index (χ1n) is 8.03. The number of aliphatic carboxylic acids is 1. The second-order valence-corrected chi connectivity index (χ2v) is 6.08. The summed E-state index contributed by atoms with van der Waals surface area (Å²) in [6.45, 7) is -0.624. The fourth-order valence-electron chi connectivity index (χ4n) is 3.17. The average molecular weight is 363 g/mol. The van der Waals surface area contributed by atoms with Crippen molar-refractivity contribution in [1.82, 2.24) is 14.1 Å². The van der Waals surface area contributed by atoms with Crippen molar-refractivity contribution in [3.05, 3.63) is 75.1 Å². The lowest BCUT2D eigenvalue weighted by atomic mass is 10.1. The van der Waals surface area contributed by atoms with Crippen LogP contribution in [0.25, 0.3) is 27.5 Å². The summed E-state index contributed by atoms with van der Waals surface area (Å²) in [7, 11) is 0. The van der Waals surface area contributed by atoms with E-state index in [9.17, 15) is 19.2 Å². The van der Waals surface area contributed by atoms with E-state index in [0.29, 0.717) is 22.0 Å². The van der Waals surface area contributed by atoms with Gasteiger partial charge in [0, 0.05) is 29.0 Å². The average Bonchev–Trinajstić information content (AvgIpc) is 3.13. The zero-order valence-corrected chi connectivity index (χ0v) is 13.9. The number of hydrogen-bond acceptors (Lipinski definition) is 4. The van der Waals surface area contributed by atoms with Crippen molar-refractivity contribution in [1.29, 1.82) is 0 Å². The van der Waals surface area contributed by atoms with Crippen LogP contribution in [-0.4, -0.2) is 31.5 Å². The molecule has 4 aromatic rings. The number of rotatable bonds is 4. The second-order valence-electron chi connectivity index (χ2n) is 6.08. The van der Waals surface area contributed by atoms with Crippen molar-refractivity contribution >= 4 is 34.1 Å². The van der Waals surface area contributed by atoms with E-state index in [1.165, 1.54) is 0 Å². The van der Waals surface area contributed by atoms with Crippen LogP contribution < -0.4 is 11.1 Å². The first-order chi connectivity index (χ1) is 13.0. The number of H-pyrrole nitrogens is 1. The van der Waals surface area contributed by atoms with Gasteiger partial charge in [-0.15, -0.1) is 0 Å². The summed E-state index contributed by atoms with van der Waals surface area (Å²) in [6.07, 6.45) is 4.12. The summed E-state index contributed by atoms with van der Waals surface area (Å²) in [4.78, 5) is 48.8. The molecule has 0 saturated heterocycles. The Morgan fingerprint density at radius 2 is 1.93 bits per heavy atom. The predicted octanol–water partition coefficient (Wildman–Crippen LogP) is 1.53. The zero-order chi connectivity index (χ0) is 19.1. The standard InChI is InChI=1S/C19H13N3O5/c23-10-11-5-6-21(8-11)13-3-1-12-2-4-15-17(14(12)7-13)22(9-16(24)25)19(27)18(26)20-15/h1-8,10H,9H2,(H,20,26)(H,24,25). The topological polar surface area (TPSA) is 114 Å². The molecule has 8 heteroatoms. The lowest BCUT2D eigenvalue weighted by molar-refractivity contribution is -0.137. The van der Waals surface area contributed by atoms with E-state index in [2.05, 4.69) is 4.98 Å². The molecule has 0 bridgehead atoms. The van der Waals surface area contributed by atoms with Crippen LogP contribution in [0.1, 0.15) is 10.4 Å². The maximum absolute atomic E-state index is 12.3. The molecule has 0 amide bonds. The second kappa shape index (κ2) is 6.10. The Hall–Kier alpha value is -3.94. The number of aldehydes is 1. The largest absolute Gasteiger partial charge is 0.480 e. The molecule has 2 aromatic heterocycles. The molecule has 0 radical (unpaired) electrons. The quantitative estimate of drug-likeness (QED) is 0.324. The lowest BCUT2D eigenvalue weighted by Crippen LogP contribution is -2.37. The molecular weight excluding hydrogens is 350 g/mol. The molecule has 0 aliphatic carbocycles. The number of carboxylic acids is 1. The first kappa shape index (κ1) is 16.5. The molecule has 27 heavy (non-hydrogen) atoms. The molecular formula is C19H13N3O5. The van der Waals surface area contributed by atoms with Gasteiger partial charge in [0.05, 0.1) is 11.0 Å². The highest BCUT2D eigenvalue weighted by molar-refractivity contribution is 6.05. The van der Waals surface area contributed by atoms with Gasteiger partial charge in [0.15, 0.2) is 6.29 Å². The van der Waals surface area contributed by atoms with Gasteiger partial charge >= 0.3 is 17.1 Å². The van der Waals surface area contributed by atoms with Crippen LogP contribution in [0, 0.1) is 0 Å². The van der Waals surface area contributed by atoms with Crippen molar-refractivity contribution in [2.75, 3.05) is 0 Å². The van der Waals surface area contributed by atoms with Crippen LogP contribution in [0.2, 0.25) is 0 Å². The molecule has 0 saturated carbocycles. The summed E-state index contributed by atoms with van der Waals surface area (Å²) in [6, 6.07) is 10.5. The molecule has 0 unspecified atom stereocenters. The van der Waals surface area contributed by atoms with Gasteiger partial charge < -0.3 is 14.7 Å². The van der Waals surface area contributed by atoms with E-state index in [1.807, 2.05) is 12.1 Å². The summed E-state index contributed by atoms with van der Waals surface area (Å²) in [5.41, 5.74) is 0.145. The van der Waals surface area contributed by atoms with Crippen molar-refractivity contribution in [2.24, 2.45) is 0 Å².